The zero-order valence-corrected chi connectivity index (χ0v) is 23.8. The van der Waals surface area contributed by atoms with Gasteiger partial charge in [-0.15, -0.1) is 11.3 Å². The molecule has 1 fully saturated rings. The van der Waals surface area contributed by atoms with Crippen LogP contribution in [-0.2, 0) is 16.2 Å². The highest BCUT2D eigenvalue weighted by molar-refractivity contribution is 7.15. The molecule has 4 rings (SSSR count). The molecule has 1 heterocycles. The van der Waals surface area contributed by atoms with Gasteiger partial charge in [0.15, 0.2) is 0 Å². The lowest BCUT2D eigenvalue weighted by Gasteiger charge is -2.31. The average Bonchev–Trinajstić information content (AvgIpc) is 3.38. The highest BCUT2D eigenvalue weighted by Gasteiger charge is 2.32. The first-order chi connectivity index (χ1) is 18.8. The third-order valence-corrected chi connectivity index (χ3v) is 8.87. The Balaban J connectivity index is 1.51. The molecule has 1 aromatic heterocycles. The van der Waals surface area contributed by atoms with E-state index in [1.165, 1.54) is 11.3 Å². The fourth-order valence-corrected chi connectivity index (χ4v) is 6.39. The Kier molecular flexibility index (Phi) is 10.3. The maximum atomic E-state index is 13.7. The molecule has 1 aromatic carbocycles. The number of allylic oxidation sites excluding steroid dienone is 2. The molecule has 1 unspecified atom stereocenters. The number of rotatable bonds is 11. The molecule has 0 radical (unpaired) electrons. The van der Waals surface area contributed by atoms with E-state index in [1.807, 2.05) is 36.4 Å². The molecule has 8 heteroatoms. The molecule has 1 saturated carbocycles. The number of nitrogens with zero attached hydrogens (tertiary/aromatic N) is 2. The van der Waals surface area contributed by atoms with Gasteiger partial charge in [-0.2, -0.15) is 0 Å². The molecule has 2 aliphatic carbocycles. The van der Waals surface area contributed by atoms with Gasteiger partial charge < -0.3 is 20.0 Å². The van der Waals surface area contributed by atoms with Gasteiger partial charge in [0.1, 0.15) is 11.5 Å². The van der Waals surface area contributed by atoms with Crippen LogP contribution in [0, 0.1) is 11.8 Å². The normalized spacial score (nSPS) is 21.3. The van der Waals surface area contributed by atoms with Gasteiger partial charge in [0.25, 0.3) is 0 Å². The predicted octanol–water partition coefficient (Wildman–Crippen LogP) is 6.91. The lowest BCUT2D eigenvalue weighted by atomic mass is 9.82. The lowest BCUT2D eigenvalue weighted by Crippen LogP contribution is -2.39. The van der Waals surface area contributed by atoms with E-state index in [0.717, 1.165) is 60.3 Å². The van der Waals surface area contributed by atoms with Crippen LogP contribution in [0.15, 0.2) is 47.6 Å². The molecule has 2 aromatic rings. The average molecular weight is 553 g/mol. The summed E-state index contributed by atoms with van der Waals surface area (Å²) >= 11 is 1.24. The summed E-state index contributed by atoms with van der Waals surface area (Å²) in [4.78, 5) is 34.4. The molecule has 0 aliphatic heterocycles. The number of hydrogen-bond acceptors (Lipinski definition) is 6. The first kappa shape index (κ1) is 29.0. The molecule has 0 spiro atoms. The van der Waals surface area contributed by atoms with E-state index in [9.17, 15) is 19.8 Å². The standard InChI is InChI=1S/C31H40N2O5S/c1-21-10-12-25(13-11-21)30(35)33(18-6-7-22(2)34)27-19-28(39-29(27)31(36)37)24-14-16-26(17-15-24)32-38-20-23-8-4-3-5-9-23/h3-5,8-9,14,19,21-22,25,34H,6-7,10-13,15-18,20H2,1-2H3,(H,36,37)/b32-26-. The quantitative estimate of drug-likeness (QED) is 0.295. The predicted molar refractivity (Wildman–Crippen MR) is 156 cm³/mol. The van der Waals surface area contributed by atoms with Crippen molar-refractivity contribution in [2.45, 2.75) is 84.3 Å². The van der Waals surface area contributed by atoms with Crippen molar-refractivity contribution in [1.29, 1.82) is 0 Å². The van der Waals surface area contributed by atoms with Crippen molar-refractivity contribution in [3.63, 3.8) is 0 Å². The van der Waals surface area contributed by atoms with Crippen LogP contribution >= 0.6 is 11.3 Å². The molecule has 0 bridgehead atoms. The van der Waals surface area contributed by atoms with E-state index < -0.39 is 12.1 Å². The summed E-state index contributed by atoms with van der Waals surface area (Å²) in [6, 6.07) is 11.8. The second kappa shape index (κ2) is 13.9. The number of aromatic carboxylic acids is 1. The monoisotopic (exact) mass is 552 g/mol. The van der Waals surface area contributed by atoms with Crippen LogP contribution in [-0.4, -0.2) is 40.4 Å². The van der Waals surface area contributed by atoms with Crippen LogP contribution in [0.25, 0.3) is 5.57 Å². The Hall–Kier alpha value is -2.97. The molecule has 1 atom stereocenters. The molecule has 1 amide bonds. The van der Waals surface area contributed by atoms with Crippen molar-refractivity contribution in [2.24, 2.45) is 17.0 Å². The maximum absolute atomic E-state index is 13.7. The smallest absolute Gasteiger partial charge is 0.348 e. The summed E-state index contributed by atoms with van der Waals surface area (Å²) in [6.45, 7) is 4.79. The second-order valence-corrected chi connectivity index (χ2v) is 12.0. The highest BCUT2D eigenvalue weighted by Crippen LogP contribution is 2.39. The van der Waals surface area contributed by atoms with Crippen LogP contribution < -0.4 is 4.90 Å². The number of hydrogen-bond donors (Lipinski definition) is 2. The van der Waals surface area contributed by atoms with Crippen molar-refractivity contribution in [3.05, 3.63) is 57.8 Å². The number of carboxylic acids is 1. The molecule has 0 saturated heterocycles. The number of aliphatic hydroxyl groups excluding tert-OH is 1. The number of carboxylic acid groups (broad SMARTS) is 1. The van der Waals surface area contributed by atoms with E-state index in [2.05, 4.69) is 18.2 Å². The Morgan fingerprint density at radius 2 is 1.90 bits per heavy atom. The first-order valence-corrected chi connectivity index (χ1v) is 14.9. The Bertz CT molecular complexity index is 1180. The SMILES string of the molecule is CC(O)CCCN(C(=O)C1CCC(C)CC1)c1cc(C2=CC/C(=N/OCc3ccccc3)CC2)sc1C(=O)O. The van der Waals surface area contributed by atoms with Gasteiger partial charge in [0.05, 0.1) is 17.5 Å². The van der Waals surface area contributed by atoms with Crippen LogP contribution in [0.3, 0.4) is 0 Å². The van der Waals surface area contributed by atoms with Gasteiger partial charge in [0.2, 0.25) is 5.91 Å². The van der Waals surface area contributed by atoms with Crippen molar-refractivity contribution in [1.82, 2.24) is 0 Å². The van der Waals surface area contributed by atoms with Crippen LogP contribution in [0.1, 0.15) is 91.7 Å². The zero-order valence-electron chi connectivity index (χ0n) is 23.0. The largest absolute Gasteiger partial charge is 0.477 e. The van der Waals surface area contributed by atoms with Gasteiger partial charge in [-0.25, -0.2) is 4.79 Å². The number of carbonyl (C=O) groups is 2. The van der Waals surface area contributed by atoms with Crippen LogP contribution in [0.5, 0.6) is 0 Å². The summed E-state index contributed by atoms with van der Waals surface area (Å²) in [5, 5.41) is 24.2. The molecular weight excluding hydrogens is 512 g/mol. The Labute approximate surface area is 235 Å². The minimum absolute atomic E-state index is 0.0157. The second-order valence-electron chi connectivity index (χ2n) is 10.9. The highest BCUT2D eigenvalue weighted by atomic mass is 32.1. The fourth-order valence-electron chi connectivity index (χ4n) is 5.32. The van der Waals surface area contributed by atoms with Crippen molar-refractivity contribution in [2.75, 3.05) is 11.4 Å². The third-order valence-electron chi connectivity index (χ3n) is 7.68. The minimum atomic E-state index is -1.01. The van der Waals surface area contributed by atoms with Crippen molar-refractivity contribution >= 4 is 40.2 Å². The van der Waals surface area contributed by atoms with E-state index in [4.69, 9.17) is 4.84 Å². The third kappa shape index (κ3) is 8.02. The van der Waals surface area contributed by atoms with Crippen molar-refractivity contribution < 1.29 is 24.6 Å². The number of thiophene rings is 1. The minimum Gasteiger partial charge on any atom is -0.477 e. The van der Waals surface area contributed by atoms with E-state index in [1.54, 1.807) is 11.8 Å². The number of oxime groups is 1. The lowest BCUT2D eigenvalue weighted by molar-refractivity contribution is -0.123. The number of benzene rings is 1. The summed E-state index contributed by atoms with van der Waals surface area (Å²) in [6.07, 6.45) is 8.65. The number of anilines is 1. The van der Waals surface area contributed by atoms with E-state index >= 15 is 0 Å². The molecular formula is C31H40N2O5S. The molecule has 39 heavy (non-hydrogen) atoms. The topological polar surface area (TPSA) is 99.4 Å². The Morgan fingerprint density at radius 1 is 1.15 bits per heavy atom. The molecule has 2 aliphatic rings. The summed E-state index contributed by atoms with van der Waals surface area (Å²) in [5.41, 5.74) is 3.60. The van der Waals surface area contributed by atoms with Crippen LogP contribution in [0.4, 0.5) is 5.69 Å². The van der Waals surface area contributed by atoms with Gasteiger partial charge in [0, 0.05) is 23.8 Å². The van der Waals surface area contributed by atoms with E-state index in [-0.39, 0.29) is 16.7 Å². The van der Waals surface area contributed by atoms with Gasteiger partial charge in [-0.05, 0) is 81.4 Å². The van der Waals surface area contributed by atoms with Gasteiger partial charge in [-0.1, -0.05) is 48.5 Å². The van der Waals surface area contributed by atoms with Crippen molar-refractivity contribution in [3.8, 4) is 0 Å². The summed E-state index contributed by atoms with van der Waals surface area (Å²) in [5.74, 6) is -0.460. The number of amides is 1. The molecule has 2 N–H and O–H groups in total. The molecule has 210 valence electrons. The fraction of sp³-hybridized carbons (Fsp3) is 0.516. The first-order valence-electron chi connectivity index (χ1n) is 14.1. The van der Waals surface area contributed by atoms with Gasteiger partial charge in [-0.3, -0.25) is 4.79 Å². The number of carbonyl (C=O) groups excluding carboxylic acids is 1. The Morgan fingerprint density at radius 3 is 2.54 bits per heavy atom. The van der Waals surface area contributed by atoms with Gasteiger partial charge >= 0.3 is 5.97 Å². The van der Waals surface area contributed by atoms with E-state index in [0.29, 0.717) is 44.0 Å². The summed E-state index contributed by atoms with van der Waals surface area (Å²) < 4.78 is 0. The summed E-state index contributed by atoms with van der Waals surface area (Å²) in [7, 11) is 0. The number of aliphatic hydroxyl groups is 1. The van der Waals surface area contributed by atoms with Crippen LogP contribution in [0.2, 0.25) is 0 Å². The zero-order chi connectivity index (χ0) is 27.8. The molecule has 7 nitrogen and oxygen atoms in total. The maximum Gasteiger partial charge on any atom is 0.348 e.